The minimum Gasteiger partial charge on any atom is -0.385 e. The smallest absolute Gasteiger partial charge is 0.174 e. The Morgan fingerprint density at radius 3 is 3.05 bits per heavy atom. The predicted molar refractivity (Wildman–Crippen MR) is 80.0 cm³/mol. The molecule has 1 aliphatic heterocycles. The zero-order valence-electron chi connectivity index (χ0n) is 11.4. The fourth-order valence-electron chi connectivity index (χ4n) is 2.71. The summed E-state index contributed by atoms with van der Waals surface area (Å²) in [4.78, 5) is 16.9. The number of nitrogen functional groups attached to an aromatic ring is 1. The number of ketones is 1. The Morgan fingerprint density at radius 2 is 2.20 bits per heavy atom. The summed E-state index contributed by atoms with van der Waals surface area (Å²) in [6, 6.07) is 9.77. The molecular weight excluding hydrogens is 250 g/mol. The van der Waals surface area contributed by atoms with Crippen LogP contribution in [0.5, 0.6) is 0 Å². The van der Waals surface area contributed by atoms with Crippen LogP contribution in [-0.2, 0) is 0 Å². The highest BCUT2D eigenvalue weighted by Gasteiger charge is 2.28. The number of fused-ring (bicyclic) bond motifs is 1. The number of Topliss-reactive ketones (excluding diaryl/α,β-unsaturated/α-hetero) is 1. The van der Waals surface area contributed by atoms with Gasteiger partial charge in [-0.3, -0.25) is 4.79 Å². The third-order valence-corrected chi connectivity index (χ3v) is 3.72. The Kier molecular flexibility index (Phi) is 3.14. The van der Waals surface area contributed by atoms with Gasteiger partial charge in [-0.25, -0.2) is 4.98 Å². The maximum absolute atomic E-state index is 12.8. The lowest BCUT2D eigenvalue weighted by atomic mass is 9.85. The molecule has 2 heterocycles. The Morgan fingerprint density at radius 1 is 1.40 bits per heavy atom. The zero-order chi connectivity index (χ0) is 14.1. The van der Waals surface area contributed by atoms with Crippen molar-refractivity contribution in [1.29, 1.82) is 0 Å². The standard InChI is InChI=1S/C16H17N3O/c1-10-8-13(16(17)19-9-10)15(20)12-6-7-18-14-5-3-2-4-11(12)14/h2-5,8-9,12,18H,6-7H2,1H3,(H2,17,19). The average molecular weight is 267 g/mol. The molecule has 1 aromatic carbocycles. The van der Waals surface area contributed by atoms with Gasteiger partial charge in [0.05, 0.1) is 11.5 Å². The summed E-state index contributed by atoms with van der Waals surface area (Å²) in [5.41, 5.74) is 9.44. The van der Waals surface area contributed by atoms with Crippen LogP contribution in [0.3, 0.4) is 0 Å². The summed E-state index contributed by atoms with van der Waals surface area (Å²) in [6.07, 6.45) is 2.46. The lowest BCUT2D eigenvalue weighted by Crippen LogP contribution is -2.24. The minimum atomic E-state index is -0.140. The third-order valence-electron chi connectivity index (χ3n) is 3.72. The molecule has 0 spiro atoms. The Labute approximate surface area is 118 Å². The van der Waals surface area contributed by atoms with E-state index in [1.54, 1.807) is 6.20 Å². The molecular formula is C16H17N3O. The van der Waals surface area contributed by atoms with Crippen LogP contribution in [0.2, 0.25) is 0 Å². The van der Waals surface area contributed by atoms with E-state index < -0.39 is 0 Å². The number of hydrogen-bond acceptors (Lipinski definition) is 4. The molecule has 4 nitrogen and oxygen atoms in total. The monoisotopic (exact) mass is 267 g/mol. The molecule has 0 fully saturated rings. The molecule has 102 valence electrons. The van der Waals surface area contributed by atoms with E-state index in [0.29, 0.717) is 11.4 Å². The maximum atomic E-state index is 12.8. The van der Waals surface area contributed by atoms with E-state index in [9.17, 15) is 4.79 Å². The fourth-order valence-corrected chi connectivity index (χ4v) is 2.71. The molecule has 0 saturated heterocycles. The SMILES string of the molecule is Cc1cnc(N)c(C(=O)C2CCNc3ccccc32)c1. The van der Waals surface area contributed by atoms with Crippen molar-refractivity contribution in [2.24, 2.45) is 0 Å². The Bertz CT molecular complexity index is 667. The molecule has 1 atom stereocenters. The molecule has 2 aromatic rings. The highest BCUT2D eigenvalue weighted by Crippen LogP contribution is 2.34. The maximum Gasteiger partial charge on any atom is 0.174 e. The van der Waals surface area contributed by atoms with Gasteiger partial charge in [0.25, 0.3) is 0 Å². The van der Waals surface area contributed by atoms with E-state index >= 15 is 0 Å². The lowest BCUT2D eigenvalue weighted by Gasteiger charge is -2.26. The van der Waals surface area contributed by atoms with Gasteiger partial charge in [-0.05, 0) is 36.6 Å². The van der Waals surface area contributed by atoms with Crippen molar-refractivity contribution >= 4 is 17.3 Å². The summed E-state index contributed by atoms with van der Waals surface area (Å²) in [7, 11) is 0. The molecule has 3 rings (SSSR count). The molecule has 0 bridgehead atoms. The number of benzene rings is 1. The molecule has 0 aliphatic carbocycles. The zero-order valence-corrected chi connectivity index (χ0v) is 11.4. The van der Waals surface area contributed by atoms with Gasteiger partial charge in [-0.15, -0.1) is 0 Å². The van der Waals surface area contributed by atoms with E-state index in [0.717, 1.165) is 29.8 Å². The molecule has 0 saturated carbocycles. The van der Waals surface area contributed by atoms with Crippen molar-refractivity contribution in [3.8, 4) is 0 Å². The predicted octanol–water partition coefficient (Wildman–Crippen LogP) is 2.75. The van der Waals surface area contributed by atoms with Crippen LogP contribution in [0.1, 0.15) is 33.8 Å². The highest BCUT2D eigenvalue weighted by molar-refractivity contribution is 6.05. The minimum absolute atomic E-state index is 0.0626. The molecule has 4 heteroatoms. The first-order chi connectivity index (χ1) is 9.66. The lowest BCUT2D eigenvalue weighted by molar-refractivity contribution is 0.0956. The van der Waals surface area contributed by atoms with Crippen LogP contribution in [-0.4, -0.2) is 17.3 Å². The first-order valence-electron chi connectivity index (χ1n) is 6.76. The summed E-state index contributed by atoms with van der Waals surface area (Å²) in [5, 5.41) is 3.33. The fraction of sp³-hybridized carbons (Fsp3) is 0.250. The highest BCUT2D eigenvalue weighted by atomic mass is 16.1. The van der Waals surface area contributed by atoms with Gasteiger partial charge in [0, 0.05) is 18.4 Å². The summed E-state index contributed by atoms with van der Waals surface area (Å²) in [5.74, 6) is 0.239. The second-order valence-electron chi connectivity index (χ2n) is 5.17. The van der Waals surface area contributed by atoms with Crippen molar-refractivity contribution in [2.75, 3.05) is 17.6 Å². The normalized spacial score (nSPS) is 17.1. The molecule has 0 amide bonds. The number of nitrogens with two attached hydrogens (primary N) is 1. The summed E-state index contributed by atoms with van der Waals surface area (Å²) in [6.45, 7) is 2.71. The first-order valence-corrected chi connectivity index (χ1v) is 6.76. The molecule has 1 aliphatic rings. The number of carbonyl (C=O) groups excluding carboxylic acids is 1. The topological polar surface area (TPSA) is 68.0 Å². The number of aryl methyl sites for hydroxylation is 1. The van der Waals surface area contributed by atoms with Gasteiger partial charge >= 0.3 is 0 Å². The molecule has 0 radical (unpaired) electrons. The Hall–Kier alpha value is -2.36. The average Bonchev–Trinajstić information content (AvgIpc) is 2.48. The Balaban J connectivity index is 2.02. The molecule has 3 N–H and O–H groups in total. The summed E-state index contributed by atoms with van der Waals surface area (Å²) >= 11 is 0. The van der Waals surface area contributed by atoms with Crippen molar-refractivity contribution in [3.05, 3.63) is 53.2 Å². The van der Waals surface area contributed by atoms with Crippen LogP contribution in [0, 0.1) is 6.92 Å². The second kappa shape index (κ2) is 4.96. The molecule has 1 aromatic heterocycles. The van der Waals surface area contributed by atoms with Crippen molar-refractivity contribution < 1.29 is 4.79 Å². The number of aromatic nitrogens is 1. The van der Waals surface area contributed by atoms with Gasteiger partial charge in [-0.2, -0.15) is 0 Å². The number of nitrogens with zero attached hydrogens (tertiary/aromatic N) is 1. The number of nitrogens with one attached hydrogen (secondary N) is 1. The van der Waals surface area contributed by atoms with Crippen LogP contribution >= 0.6 is 0 Å². The number of pyridine rings is 1. The second-order valence-corrected chi connectivity index (χ2v) is 5.17. The number of carbonyl (C=O) groups is 1. The molecule has 20 heavy (non-hydrogen) atoms. The number of anilines is 2. The van der Waals surface area contributed by atoms with Gasteiger partial charge in [0.15, 0.2) is 5.78 Å². The summed E-state index contributed by atoms with van der Waals surface area (Å²) < 4.78 is 0. The van der Waals surface area contributed by atoms with Crippen LogP contribution in [0.25, 0.3) is 0 Å². The molecule has 1 unspecified atom stereocenters. The number of hydrogen-bond donors (Lipinski definition) is 2. The van der Waals surface area contributed by atoms with Gasteiger partial charge in [0.2, 0.25) is 0 Å². The quantitative estimate of drug-likeness (QED) is 0.821. The van der Waals surface area contributed by atoms with E-state index in [4.69, 9.17) is 5.73 Å². The van der Waals surface area contributed by atoms with Crippen molar-refractivity contribution in [3.63, 3.8) is 0 Å². The number of rotatable bonds is 2. The van der Waals surface area contributed by atoms with Crippen LogP contribution in [0.15, 0.2) is 36.5 Å². The van der Waals surface area contributed by atoms with Gasteiger partial charge < -0.3 is 11.1 Å². The van der Waals surface area contributed by atoms with Gasteiger partial charge in [0.1, 0.15) is 5.82 Å². The largest absolute Gasteiger partial charge is 0.385 e. The van der Waals surface area contributed by atoms with Crippen LogP contribution < -0.4 is 11.1 Å². The van der Waals surface area contributed by atoms with E-state index in [2.05, 4.69) is 10.3 Å². The van der Waals surface area contributed by atoms with E-state index in [1.807, 2.05) is 37.3 Å². The van der Waals surface area contributed by atoms with Crippen molar-refractivity contribution in [1.82, 2.24) is 4.98 Å². The first kappa shape index (κ1) is 12.7. The van der Waals surface area contributed by atoms with Crippen molar-refractivity contribution in [2.45, 2.75) is 19.3 Å². The third kappa shape index (κ3) is 2.13. The van der Waals surface area contributed by atoms with E-state index in [-0.39, 0.29) is 11.7 Å². The number of para-hydroxylation sites is 1. The van der Waals surface area contributed by atoms with E-state index in [1.165, 1.54) is 0 Å². The van der Waals surface area contributed by atoms with Crippen LogP contribution in [0.4, 0.5) is 11.5 Å². The van der Waals surface area contributed by atoms with Gasteiger partial charge in [-0.1, -0.05) is 18.2 Å².